The number of aliphatic hydroxyl groups excluding tert-OH is 1. The molecule has 0 heterocycles. The average Bonchev–Trinajstić information content (AvgIpc) is 2.55. The van der Waals surface area contributed by atoms with Crippen LogP contribution in [0.25, 0.3) is 0 Å². The Morgan fingerprint density at radius 2 is 1.83 bits per heavy atom. The summed E-state index contributed by atoms with van der Waals surface area (Å²) in [6, 6.07) is 7.21. The topological polar surface area (TPSA) is 66.8 Å². The maximum absolute atomic E-state index is 12.4. The molecule has 1 rings (SSSR count). The van der Waals surface area contributed by atoms with Gasteiger partial charge in [-0.1, -0.05) is 0 Å². The van der Waals surface area contributed by atoms with Gasteiger partial charge in [-0.25, -0.2) is 4.79 Å². The number of ketones is 1. The number of anilines is 1. The molecule has 0 saturated carbocycles. The Morgan fingerprint density at radius 1 is 1.22 bits per heavy atom. The molecule has 124 valence electrons. The molecule has 1 aromatic carbocycles. The zero-order valence-corrected chi connectivity index (χ0v) is 14.5. The van der Waals surface area contributed by atoms with Crippen LogP contribution in [0, 0.1) is 0 Å². The fraction of sp³-hybridized carbons (Fsp3) is 0.294. The Kier molecular flexibility index (Phi) is 7.41. The summed E-state index contributed by atoms with van der Waals surface area (Å²) < 4.78 is 4.67. The highest BCUT2D eigenvalue weighted by Gasteiger charge is 2.12. The van der Waals surface area contributed by atoms with E-state index in [1.165, 1.54) is 23.9 Å². The second-order valence-electron chi connectivity index (χ2n) is 4.78. The van der Waals surface area contributed by atoms with Gasteiger partial charge < -0.3 is 14.7 Å². The van der Waals surface area contributed by atoms with Crippen molar-refractivity contribution < 1.29 is 19.4 Å². The highest BCUT2D eigenvalue weighted by Crippen LogP contribution is 2.21. The van der Waals surface area contributed by atoms with Crippen LogP contribution in [0.15, 0.2) is 47.1 Å². The molecular formula is C17H21NO4S. The molecule has 0 aromatic heterocycles. The van der Waals surface area contributed by atoms with E-state index in [0.717, 1.165) is 5.69 Å². The number of carbonyl (C=O) groups excluding carboxylic acids is 2. The quantitative estimate of drug-likeness (QED) is 0.271. The Bertz CT molecular complexity index is 618. The van der Waals surface area contributed by atoms with Crippen LogP contribution in [0.1, 0.15) is 17.3 Å². The first-order valence-corrected chi connectivity index (χ1v) is 8.27. The largest absolute Gasteiger partial charge is 0.502 e. The summed E-state index contributed by atoms with van der Waals surface area (Å²) in [5, 5.41) is 9.56. The lowest BCUT2D eigenvalue weighted by molar-refractivity contribution is -0.141. The lowest BCUT2D eigenvalue weighted by Crippen LogP contribution is -2.09. The van der Waals surface area contributed by atoms with E-state index in [1.54, 1.807) is 25.3 Å². The van der Waals surface area contributed by atoms with E-state index in [0.29, 0.717) is 10.5 Å². The van der Waals surface area contributed by atoms with Gasteiger partial charge in [-0.15, -0.1) is 11.8 Å². The highest BCUT2D eigenvalue weighted by atomic mass is 32.2. The van der Waals surface area contributed by atoms with Crippen molar-refractivity contribution in [2.45, 2.75) is 6.92 Å². The molecular weight excluding hydrogens is 314 g/mol. The van der Waals surface area contributed by atoms with Crippen molar-refractivity contribution in [3.8, 4) is 0 Å². The lowest BCUT2D eigenvalue weighted by Gasteiger charge is -2.12. The Balaban J connectivity index is 2.96. The van der Waals surface area contributed by atoms with E-state index in [9.17, 15) is 14.7 Å². The number of thioether (sulfide) groups is 1. The number of ether oxygens (including phenoxy) is 1. The van der Waals surface area contributed by atoms with Crippen molar-refractivity contribution in [3.05, 3.63) is 52.6 Å². The molecule has 0 amide bonds. The number of benzene rings is 1. The number of hydrogen-bond acceptors (Lipinski definition) is 6. The minimum atomic E-state index is -0.813. The number of hydrogen-bond donors (Lipinski definition) is 1. The number of esters is 1. The number of rotatable bonds is 7. The fourth-order valence-corrected chi connectivity index (χ4v) is 2.22. The van der Waals surface area contributed by atoms with Crippen molar-refractivity contribution in [1.82, 2.24) is 0 Å². The third-order valence-electron chi connectivity index (χ3n) is 2.97. The summed E-state index contributed by atoms with van der Waals surface area (Å²) in [6.07, 6.45) is 4.35. The van der Waals surface area contributed by atoms with Gasteiger partial charge in [0, 0.05) is 25.3 Å². The standard InChI is InChI=1S/C17H21NO4S/c1-5-22-17(21)14(19)10-11-15(23-4)16(20)12-6-8-13(9-7-12)18(2)3/h6-11,19H,5H2,1-4H3/b14-10-,15-11-. The predicted molar refractivity (Wildman–Crippen MR) is 94.0 cm³/mol. The molecule has 0 unspecified atom stereocenters. The van der Waals surface area contributed by atoms with Crippen molar-refractivity contribution in [2.24, 2.45) is 0 Å². The van der Waals surface area contributed by atoms with E-state index in [1.807, 2.05) is 31.1 Å². The van der Waals surface area contributed by atoms with E-state index in [4.69, 9.17) is 0 Å². The molecule has 0 radical (unpaired) electrons. The molecule has 1 N–H and O–H groups in total. The molecule has 0 aliphatic heterocycles. The van der Waals surface area contributed by atoms with Gasteiger partial charge in [0.25, 0.3) is 0 Å². The van der Waals surface area contributed by atoms with Crippen LogP contribution in [0.3, 0.4) is 0 Å². The molecule has 23 heavy (non-hydrogen) atoms. The summed E-state index contributed by atoms with van der Waals surface area (Å²) in [7, 11) is 3.85. The summed E-state index contributed by atoms with van der Waals surface area (Å²) in [5.74, 6) is -1.52. The van der Waals surface area contributed by atoms with Crippen molar-refractivity contribution in [1.29, 1.82) is 0 Å². The number of nitrogens with zero attached hydrogens (tertiary/aromatic N) is 1. The maximum atomic E-state index is 12.4. The first-order valence-electron chi connectivity index (χ1n) is 7.04. The molecule has 0 spiro atoms. The molecule has 5 nitrogen and oxygen atoms in total. The summed E-state index contributed by atoms with van der Waals surface area (Å²) in [4.78, 5) is 26.1. The number of Topliss-reactive ketones (excluding diaryl/α,β-unsaturated/α-hetero) is 1. The summed E-state index contributed by atoms with van der Waals surface area (Å²) >= 11 is 1.24. The SMILES string of the molecule is CCOC(=O)/C(O)=C/C=C(\SC)C(=O)c1ccc(N(C)C)cc1. The summed E-state index contributed by atoms with van der Waals surface area (Å²) in [6.45, 7) is 1.82. The van der Waals surface area contributed by atoms with Crippen LogP contribution >= 0.6 is 11.8 Å². The smallest absolute Gasteiger partial charge is 0.373 e. The fourth-order valence-electron chi connectivity index (χ4n) is 1.72. The first-order chi connectivity index (χ1) is 10.9. The van der Waals surface area contributed by atoms with Crippen LogP contribution in [0.2, 0.25) is 0 Å². The van der Waals surface area contributed by atoms with Gasteiger partial charge in [-0.2, -0.15) is 0 Å². The zero-order valence-electron chi connectivity index (χ0n) is 13.7. The Morgan fingerprint density at radius 3 is 2.30 bits per heavy atom. The van der Waals surface area contributed by atoms with Crippen molar-refractivity contribution in [2.75, 3.05) is 31.9 Å². The van der Waals surface area contributed by atoms with Crippen LogP contribution in [0.5, 0.6) is 0 Å². The first kappa shape index (κ1) is 18.8. The van der Waals surface area contributed by atoms with E-state index in [-0.39, 0.29) is 12.4 Å². The van der Waals surface area contributed by atoms with Gasteiger partial charge in [0.2, 0.25) is 5.76 Å². The molecule has 0 aliphatic rings. The van der Waals surface area contributed by atoms with Crippen LogP contribution in [-0.2, 0) is 9.53 Å². The van der Waals surface area contributed by atoms with Gasteiger partial charge in [0.1, 0.15) is 0 Å². The number of carbonyl (C=O) groups is 2. The third-order valence-corrected chi connectivity index (χ3v) is 3.73. The second-order valence-corrected chi connectivity index (χ2v) is 5.63. The minimum Gasteiger partial charge on any atom is -0.502 e. The van der Waals surface area contributed by atoms with Gasteiger partial charge in [-0.3, -0.25) is 4.79 Å². The minimum absolute atomic E-state index is 0.171. The molecule has 1 aromatic rings. The molecule has 0 atom stereocenters. The number of allylic oxidation sites excluding steroid dienone is 3. The van der Waals surface area contributed by atoms with Gasteiger partial charge in [-0.05, 0) is 49.6 Å². The van der Waals surface area contributed by atoms with Crippen LogP contribution in [0.4, 0.5) is 5.69 Å². The molecule has 0 aliphatic carbocycles. The highest BCUT2D eigenvalue weighted by molar-refractivity contribution is 8.03. The Labute approximate surface area is 140 Å². The van der Waals surface area contributed by atoms with E-state index < -0.39 is 11.7 Å². The molecule has 0 fully saturated rings. The zero-order chi connectivity index (χ0) is 17.4. The molecule has 0 saturated heterocycles. The second kappa shape index (κ2) is 9.05. The average molecular weight is 335 g/mol. The van der Waals surface area contributed by atoms with E-state index in [2.05, 4.69) is 4.74 Å². The third kappa shape index (κ3) is 5.49. The predicted octanol–water partition coefficient (Wildman–Crippen LogP) is 3.19. The van der Waals surface area contributed by atoms with Gasteiger partial charge in [0.05, 0.1) is 11.5 Å². The normalized spacial score (nSPS) is 12.0. The maximum Gasteiger partial charge on any atom is 0.373 e. The number of aliphatic hydroxyl groups is 1. The van der Waals surface area contributed by atoms with Crippen LogP contribution in [-0.4, -0.2) is 43.8 Å². The Hall–Kier alpha value is -2.21. The molecule has 0 bridgehead atoms. The van der Waals surface area contributed by atoms with Gasteiger partial charge in [0.15, 0.2) is 5.78 Å². The summed E-state index contributed by atoms with van der Waals surface area (Å²) in [5.41, 5.74) is 1.54. The lowest BCUT2D eigenvalue weighted by atomic mass is 10.1. The van der Waals surface area contributed by atoms with E-state index >= 15 is 0 Å². The van der Waals surface area contributed by atoms with Crippen molar-refractivity contribution >= 4 is 29.2 Å². The van der Waals surface area contributed by atoms with Crippen LogP contribution < -0.4 is 4.90 Å². The van der Waals surface area contributed by atoms with Crippen molar-refractivity contribution in [3.63, 3.8) is 0 Å². The monoisotopic (exact) mass is 335 g/mol. The van der Waals surface area contributed by atoms with Gasteiger partial charge >= 0.3 is 5.97 Å². The molecule has 6 heteroatoms.